The average molecular weight is 399 g/mol. The summed E-state index contributed by atoms with van der Waals surface area (Å²) in [6, 6.07) is 14.3. The van der Waals surface area contributed by atoms with Crippen LogP contribution in [0.25, 0.3) is 0 Å². The summed E-state index contributed by atoms with van der Waals surface area (Å²) in [4.78, 5) is 17.9. The van der Waals surface area contributed by atoms with Crippen LogP contribution >= 0.6 is 0 Å². The monoisotopic (exact) mass is 398 g/mol. The van der Waals surface area contributed by atoms with E-state index in [2.05, 4.69) is 29.5 Å². The molecule has 0 saturated heterocycles. The highest BCUT2D eigenvalue weighted by atomic mass is 19.1. The summed E-state index contributed by atoms with van der Waals surface area (Å²) >= 11 is 0. The molecule has 2 aromatic carbocycles. The molecule has 0 aliphatic rings. The van der Waals surface area contributed by atoms with Gasteiger partial charge in [-0.05, 0) is 41.8 Å². The number of hydrogen-bond donors (Lipinski definition) is 2. The maximum atomic E-state index is 13.2. The quantitative estimate of drug-likeness (QED) is 0.556. The minimum absolute atomic E-state index is 0.000287. The van der Waals surface area contributed by atoms with Crippen LogP contribution in [0.4, 0.5) is 4.39 Å². The minimum atomic E-state index is -0.230. The number of amides is 1. The van der Waals surface area contributed by atoms with E-state index < -0.39 is 0 Å². The summed E-state index contributed by atoms with van der Waals surface area (Å²) in [6.07, 6.45) is 0.774. The Kier molecular flexibility index (Phi) is 7.76. The molecule has 0 spiro atoms. The van der Waals surface area contributed by atoms with Crippen molar-refractivity contribution in [1.29, 1.82) is 0 Å². The van der Waals surface area contributed by atoms with E-state index in [-0.39, 0.29) is 17.1 Å². The van der Waals surface area contributed by atoms with E-state index in [0.717, 1.165) is 17.5 Å². The summed E-state index contributed by atoms with van der Waals surface area (Å²) in [6.45, 7) is 5.56. The number of nitrogens with one attached hydrogen (secondary N) is 2. The van der Waals surface area contributed by atoms with Crippen molar-refractivity contribution in [2.45, 2.75) is 25.7 Å². The van der Waals surface area contributed by atoms with Crippen LogP contribution in [-0.4, -0.2) is 51.0 Å². The highest BCUT2D eigenvalue weighted by Gasteiger charge is 2.21. The van der Waals surface area contributed by atoms with Gasteiger partial charge in [-0.25, -0.2) is 4.39 Å². The van der Waals surface area contributed by atoms with Crippen molar-refractivity contribution in [3.8, 4) is 0 Å². The van der Waals surface area contributed by atoms with Crippen molar-refractivity contribution >= 4 is 11.9 Å². The molecule has 0 bridgehead atoms. The Bertz CT molecular complexity index is 844. The van der Waals surface area contributed by atoms with Gasteiger partial charge < -0.3 is 15.5 Å². The van der Waals surface area contributed by atoms with Gasteiger partial charge in [-0.2, -0.15) is 0 Å². The van der Waals surface area contributed by atoms with Gasteiger partial charge in [-0.1, -0.05) is 38.1 Å². The van der Waals surface area contributed by atoms with Crippen LogP contribution in [0.2, 0.25) is 0 Å². The molecule has 0 atom stereocenters. The van der Waals surface area contributed by atoms with Crippen molar-refractivity contribution in [1.82, 2.24) is 15.5 Å². The number of rotatable bonds is 7. The smallest absolute Gasteiger partial charge is 0.253 e. The van der Waals surface area contributed by atoms with Gasteiger partial charge in [0.25, 0.3) is 5.91 Å². The lowest BCUT2D eigenvalue weighted by atomic mass is 9.84. The Morgan fingerprint density at radius 1 is 1.10 bits per heavy atom. The molecule has 156 valence electrons. The van der Waals surface area contributed by atoms with Crippen LogP contribution in [0, 0.1) is 5.82 Å². The third-order valence-corrected chi connectivity index (χ3v) is 4.83. The molecule has 0 unspecified atom stereocenters. The number of guanidine groups is 1. The van der Waals surface area contributed by atoms with Gasteiger partial charge in [0, 0.05) is 45.2 Å². The largest absolute Gasteiger partial charge is 0.356 e. The Hall–Kier alpha value is -2.89. The highest BCUT2D eigenvalue weighted by Crippen LogP contribution is 2.22. The molecule has 0 aromatic heterocycles. The zero-order chi connectivity index (χ0) is 21.4. The second-order valence-electron chi connectivity index (χ2n) is 7.89. The summed E-state index contributed by atoms with van der Waals surface area (Å²) < 4.78 is 13.2. The van der Waals surface area contributed by atoms with Crippen LogP contribution in [0.3, 0.4) is 0 Å². The Balaban J connectivity index is 1.87. The predicted molar refractivity (Wildman–Crippen MR) is 117 cm³/mol. The molecule has 0 radical (unpaired) electrons. The second-order valence-corrected chi connectivity index (χ2v) is 7.89. The van der Waals surface area contributed by atoms with Crippen molar-refractivity contribution < 1.29 is 9.18 Å². The van der Waals surface area contributed by atoms with Crippen LogP contribution in [0.5, 0.6) is 0 Å². The SMILES string of the molecule is CN=C(NCCc1cccc(C(=O)N(C)C)c1)NCC(C)(C)c1ccc(F)cc1. The number of carbonyl (C=O) groups excluding carboxylic acids is 1. The summed E-state index contributed by atoms with van der Waals surface area (Å²) in [5.41, 5.74) is 2.67. The number of aliphatic imine (C=N–C) groups is 1. The fourth-order valence-corrected chi connectivity index (χ4v) is 2.97. The van der Waals surface area contributed by atoms with E-state index in [0.29, 0.717) is 24.6 Å². The third kappa shape index (κ3) is 6.59. The molecule has 0 aliphatic carbocycles. The van der Waals surface area contributed by atoms with Gasteiger partial charge in [-0.15, -0.1) is 0 Å². The molecule has 2 aromatic rings. The van der Waals surface area contributed by atoms with E-state index >= 15 is 0 Å². The van der Waals surface area contributed by atoms with Crippen LogP contribution in [0.1, 0.15) is 35.3 Å². The van der Waals surface area contributed by atoms with Gasteiger partial charge in [0.05, 0.1) is 0 Å². The normalized spacial score (nSPS) is 11.9. The number of nitrogens with zero attached hydrogens (tertiary/aromatic N) is 2. The first-order chi connectivity index (χ1) is 13.7. The fourth-order valence-electron chi connectivity index (χ4n) is 2.97. The molecule has 1 amide bonds. The number of benzene rings is 2. The van der Waals surface area contributed by atoms with Gasteiger partial charge in [-0.3, -0.25) is 9.79 Å². The van der Waals surface area contributed by atoms with Crippen molar-refractivity contribution in [2.24, 2.45) is 4.99 Å². The van der Waals surface area contributed by atoms with Crippen molar-refractivity contribution in [3.63, 3.8) is 0 Å². The fraction of sp³-hybridized carbons (Fsp3) is 0.391. The Morgan fingerprint density at radius 3 is 2.41 bits per heavy atom. The first-order valence-electron chi connectivity index (χ1n) is 9.74. The molecule has 29 heavy (non-hydrogen) atoms. The van der Waals surface area contributed by atoms with Crippen molar-refractivity contribution in [2.75, 3.05) is 34.2 Å². The van der Waals surface area contributed by atoms with Gasteiger partial charge in [0.2, 0.25) is 0 Å². The van der Waals surface area contributed by atoms with Gasteiger partial charge in [0.15, 0.2) is 5.96 Å². The van der Waals surface area contributed by atoms with E-state index in [9.17, 15) is 9.18 Å². The Morgan fingerprint density at radius 2 is 1.79 bits per heavy atom. The van der Waals surface area contributed by atoms with Crippen LogP contribution in [-0.2, 0) is 11.8 Å². The van der Waals surface area contributed by atoms with Gasteiger partial charge >= 0.3 is 0 Å². The zero-order valence-electron chi connectivity index (χ0n) is 17.9. The standard InChI is InChI=1S/C23H31FN4O/c1-23(2,19-9-11-20(24)12-10-19)16-27-22(25-3)26-14-13-17-7-6-8-18(15-17)21(29)28(4)5/h6-12,15H,13-14,16H2,1-5H3,(H2,25,26,27). The lowest BCUT2D eigenvalue weighted by molar-refractivity contribution is 0.0827. The van der Waals surface area contributed by atoms with E-state index in [1.54, 1.807) is 26.0 Å². The molecule has 2 N–H and O–H groups in total. The summed E-state index contributed by atoms with van der Waals surface area (Å²) in [7, 11) is 5.23. The maximum absolute atomic E-state index is 13.2. The Labute approximate surface area is 173 Å². The topological polar surface area (TPSA) is 56.7 Å². The summed E-state index contributed by atoms with van der Waals surface area (Å²) in [5.74, 6) is 0.479. The number of carbonyl (C=O) groups is 1. The van der Waals surface area contributed by atoms with Crippen molar-refractivity contribution in [3.05, 3.63) is 71.0 Å². The molecular weight excluding hydrogens is 367 g/mol. The first kappa shape index (κ1) is 22.4. The number of halogens is 1. The molecule has 6 heteroatoms. The highest BCUT2D eigenvalue weighted by molar-refractivity contribution is 5.94. The third-order valence-electron chi connectivity index (χ3n) is 4.83. The molecule has 5 nitrogen and oxygen atoms in total. The molecule has 0 fully saturated rings. The van der Waals surface area contributed by atoms with Gasteiger partial charge in [0.1, 0.15) is 5.82 Å². The molecule has 0 heterocycles. The van der Waals surface area contributed by atoms with E-state index in [4.69, 9.17) is 0 Å². The summed E-state index contributed by atoms with van der Waals surface area (Å²) in [5, 5.41) is 6.64. The average Bonchev–Trinajstić information content (AvgIpc) is 2.70. The lowest BCUT2D eigenvalue weighted by Crippen LogP contribution is -2.44. The van der Waals surface area contributed by atoms with E-state index in [1.807, 2.05) is 36.4 Å². The maximum Gasteiger partial charge on any atom is 0.253 e. The lowest BCUT2D eigenvalue weighted by Gasteiger charge is -2.26. The molecule has 2 rings (SSSR count). The first-order valence-corrected chi connectivity index (χ1v) is 9.74. The van der Waals surface area contributed by atoms with Crippen LogP contribution in [0.15, 0.2) is 53.5 Å². The predicted octanol–water partition coefficient (Wildman–Crippen LogP) is 3.21. The molecule has 0 aliphatic heterocycles. The minimum Gasteiger partial charge on any atom is -0.356 e. The molecule has 0 saturated carbocycles. The van der Waals surface area contributed by atoms with E-state index in [1.165, 1.54) is 12.1 Å². The second kappa shape index (κ2) is 10.0. The number of hydrogen-bond acceptors (Lipinski definition) is 2. The molecular formula is C23H31FN4O. The van der Waals surface area contributed by atoms with Crippen LogP contribution < -0.4 is 10.6 Å². The zero-order valence-corrected chi connectivity index (χ0v) is 17.9.